The van der Waals surface area contributed by atoms with Gasteiger partial charge in [0.15, 0.2) is 0 Å². The summed E-state index contributed by atoms with van der Waals surface area (Å²) in [6.07, 6.45) is 2.82. The predicted octanol–water partition coefficient (Wildman–Crippen LogP) is 3.97. The van der Waals surface area contributed by atoms with Crippen LogP contribution in [0.3, 0.4) is 0 Å². The number of carbonyl (C=O) groups is 1. The van der Waals surface area contributed by atoms with Crippen LogP contribution in [0.4, 0.5) is 0 Å². The lowest BCUT2D eigenvalue weighted by molar-refractivity contribution is 0.0939. The molecule has 1 aliphatic rings. The fourth-order valence-electron chi connectivity index (χ4n) is 3.64. The van der Waals surface area contributed by atoms with E-state index >= 15 is 0 Å². The maximum atomic E-state index is 12.9. The number of hydrogen-bond donors (Lipinski definition) is 1. The van der Waals surface area contributed by atoms with Gasteiger partial charge in [-0.3, -0.25) is 4.79 Å². The molecule has 1 heterocycles. The van der Waals surface area contributed by atoms with Crippen LogP contribution in [-0.4, -0.2) is 31.7 Å². The molecule has 1 fully saturated rings. The van der Waals surface area contributed by atoms with E-state index in [0.29, 0.717) is 18.7 Å². The summed E-state index contributed by atoms with van der Waals surface area (Å²) in [5.74, 6) is -0.274. The lowest BCUT2D eigenvalue weighted by Gasteiger charge is -2.26. The normalized spacial score (nSPS) is 16.5. The number of nitrogens with one attached hydrogen (secondary N) is 1. The molecule has 0 bridgehead atoms. The van der Waals surface area contributed by atoms with Crippen LogP contribution >= 0.6 is 0 Å². The molecule has 0 radical (unpaired) electrons. The standard InChI is InChI=1S/C22H28N2O3S/c1-16-10-11-17(2)21(14-16)18(3)23-22(25)19-8-7-9-20(15-19)28(26,27)24-12-5-4-6-13-24/h7-11,14-15,18H,4-6,12-13H2,1-3H3,(H,23,25)/t18-/m1/s1. The average Bonchev–Trinajstić information content (AvgIpc) is 2.70. The molecule has 3 rings (SSSR count). The number of rotatable bonds is 5. The molecule has 0 unspecified atom stereocenters. The number of aryl methyl sites for hydroxylation is 2. The second-order valence-corrected chi connectivity index (χ2v) is 9.49. The topological polar surface area (TPSA) is 66.5 Å². The third-order valence-electron chi connectivity index (χ3n) is 5.30. The number of nitrogens with zero attached hydrogens (tertiary/aromatic N) is 1. The van der Waals surface area contributed by atoms with E-state index in [0.717, 1.165) is 36.0 Å². The zero-order chi connectivity index (χ0) is 20.3. The molecule has 1 atom stereocenters. The Morgan fingerprint density at radius 3 is 2.46 bits per heavy atom. The van der Waals surface area contributed by atoms with Gasteiger partial charge in [0, 0.05) is 18.7 Å². The molecule has 1 N–H and O–H groups in total. The van der Waals surface area contributed by atoms with Crippen molar-refractivity contribution in [3.05, 3.63) is 64.7 Å². The number of carbonyl (C=O) groups excluding carboxylic acids is 1. The van der Waals surface area contributed by atoms with E-state index in [4.69, 9.17) is 0 Å². The zero-order valence-electron chi connectivity index (χ0n) is 16.7. The lowest BCUT2D eigenvalue weighted by atomic mass is 10.00. The molecule has 2 aromatic rings. The third kappa shape index (κ3) is 4.45. The van der Waals surface area contributed by atoms with E-state index in [1.807, 2.05) is 32.9 Å². The van der Waals surface area contributed by atoms with E-state index in [2.05, 4.69) is 11.4 Å². The SMILES string of the molecule is Cc1ccc(C)c([C@@H](C)NC(=O)c2cccc(S(=O)(=O)N3CCCCC3)c2)c1. The van der Waals surface area contributed by atoms with E-state index in [1.165, 1.54) is 10.4 Å². The van der Waals surface area contributed by atoms with Crippen molar-refractivity contribution in [1.29, 1.82) is 0 Å². The van der Waals surface area contributed by atoms with Crippen LogP contribution in [0, 0.1) is 13.8 Å². The van der Waals surface area contributed by atoms with Crippen LogP contribution in [-0.2, 0) is 10.0 Å². The summed E-state index contributed by atoms with van der Waals surface area (Å²) >= 11 is 0. The first-order valence-corrected chi connectivity index (χ1v) is 11.2. The van der Waals surface area contributed by atoms with Crippen molar-refractivity contribution in [3.63, 3.8) is 0 Å². The van der Waals surface area contributed by atoms with Crippen LogP contribution in [0.25, 0.3) is 0 Å². The van der Waals surface area contributed by atoms with Crippen LogP contribution in [0.5, 0.6) is 0 Å². The van der Waals surface area contributed by atoms with Gasteiger partial charge in [-0.2, -0.15) is 4.31 Å². The van der Waals surface area contributed by atoms with Gasteiger partial charge in [-0.1, -0.05) is 36.2 Å². The minimum Gasteiger partial charge on any atom is -0.346 e. The van der Waals surface area contributed by atoms with E-state index in [9.17, 15) is 13.2 Å². The van der Waals surface area contributed by atoms with Crippen molar-refractivity contribution < 1.29 is 13.2 Å². The van der Waals surface area contributed by atoms with Crippen molar-refractivity contribution >= 4 is 15.9 Å². The maximum Gasteiger partial charge on any atom is 0.251 e. The molecule has 0 aromatic heterocycles. The summed E-state index contributed by atoms with van der Waals surface area (Å²) in [5, 5.41) is 2.99. The molecule has 6 heteroatoms. The van der Waals surface area contributed by atoms with Gasteiger partial charge < -0.3 is 5.32 Å². The number of benzene rings is 2. The molecular formula is C22H28N2O3S. The molecule has 0 spiro atoms. The van der Waals surface area contributed by atoms with E-state index in [-0.39, 0.29) is 16.8 Å². The fraction of sp³-hybridized carbons (Fsp3) is 0.409. The number of sulfonamides is 1. The Hall–Kier alpha value is -2.18. The van der Waals surface area contributed by atoms with Crippen molar-refractivity contribution in [2.75, 3.05) is 13.1 Å². The van der Waals surface area contributed by atoms with Gasteiger partial charge in [0.2, 0.25) is 10.0 Å². The van der Waals surface area contributed by atoms with Gasteiger partial charge in [-0.05, 0) is 62.9 Å². The molecule has 28 heavy (non-hydrogen) atoms. The van der Waals surface area contributed by atoms with Crippen molar-refractivity contribution in [3.8, 4) is 0 Å². The predicted molar refractivity (Wildman–Crippen MR) is 111 cm³/mol. The van der Waals surface area contributed by atoms with Crippen LogP contribution in [0.1, 0.15) is 59.3 Å². The maximum absolute atomic E-state index is 12.9. The Balaban J connectivity index is 1.79. The summed E-state index contributed by atoms with van der Waals surface area (Å²) in [7, 11) is -3.56. The smallest absolute Gasteiger partial charge is 0.251 e. The highest BCUT2D eigenvalue weighted by Gasteiger charge is 2.26. The van der Waals surface area contributed by atoms with Crippen molar-refractivity contribution in [1.82, 2.24) is 9.62 Å². The first-order chi connectivity index (χ1) is 13.3. The second-order valence-electron chi connectivity index (χ2n) is 7.55. The summed E-state index contributed by atoms with van der Waals surface area (Å²) in [4.78, 5) is 12.9. The molecule has 0 saturated carbocycles. The molecule has 1 saturated heterocycles. The molecule has 150 valence electrons. The molecule has 1 amide bonds. The minimum atomic E-state index is -3.56. The van der Waals surface area contributed by atoms with Gasteiger partial charge in [-0.25, -0.2) is 8.42 Å². The number of hydrogen-bond acceptors (Lipinski definition) is 3. The Labute approximate surface area is 167 Å². The summed E-state index contributed by atoms with van der Waals surface area (Å²) in [6, 6.07) is 12.3. The highest BCUT2D eigenvalue weighted by atomic mass is 32.2. The minimum absolute atomic E-state index is 0.172. The molecule has 5 nitrogen and oxygen atoms in total. The molecule has 1 aliphatic heterocycles. The Kier molecular flexibility index (Phi) is 6.20. The monoisotopic (exact) mass is 400 g/mol. The summed E-state index contributed by atoms with van der Waals surface area (Å²) in [5.41, 5.74) is 3.66. The lowest BCUT2D eigenvalue weighted by Crippen LogP contribution is -2.35. The van der Waals surface area contributed by atoms with Gasteiger partial charge in [0.25, 0.3) is 5.91 Å². The van der Waals surface area contributed by atoms with Gasteiger partial charge in [0.05, 0.1) is 10.9 Å². The zero-order valence-corrected chi connectivity index (χ0v) is 17.6. The molecule has 2 aromatic carbocycles. The Morgan fingerprint density at radius 1 is 1.04 bits per heavy atom. The molecule has 0 aliphatic carbocycles. The van der Waals surface area contributed by atoms with Crippen molar-refractivity contribution in [2.24, 2.45) is 0 Å². The Bertz CT molecular complexity index is 963. The first-order valence-electron chi connectivity index (χ1n) is 9.77. The van der Waals surface area contributed by atoms with Crippen molar-refractivity contribution in [2.45, 2.75) is 51.0 Å². The highest BCUT2D eigenvalue weighted by Crippen LogP contribution is 2.23. The highest BCUT2D eigenvalue weighted by molar-refractivity contribution is 7.89. The van der Waals surface area contributed by atoms with E-state index in [1.54, 1.807) is 18.2 Å². The Morgan fingerprint density at radius 2 is 1.75 bits per heavy atom. The number of amides is 1. The third-order valence-corrected chi connectivity index (χ3v) is 7.19. The quantitative estimate of drug-likeness (QED) is 0.826. The van der Waals surface area contributed by atoms with E-state index < -0.39 is 10.0 Å². The largest absolute Gasteiger partial charge is 0.346 e. The first kappa shape index (κ1) is 20.6. The summed E-state index contributed by atoms with van der Waals surface area (Å²) < 4.78 is 27.3. The van der Waals surface area contributed by atoms with Crippen LogP contribution in [0.2, 0.25) is 0 Å². The summed E-state index contributed by atoms with van der Waals surface area (Å²) in [6.45, 7) is 7.06. The number of piperidine rings is 1. The fourth-order valence-corrected chi connectivity index (χ4v) is 5.20. The second kappa shape index (κ2) is 8.45. The van der Waals surface area contributed by atoms with Gasteiger partial charge in [-0.15, -0.1) is 0 Å². The van der Waals surface area contributed by atoms with Crippen LogP contribution in [0.15, 0.2) is 47.4 Å². The van der Waals surface area contributed by atoms with Gasteiger partial charge in [0.1, 0.15) is 0 Å². The molecular weight excluding hydrogens is 372 g/mol. The average molecular weight is 401 g/mol. The van der Waals surface area contributed by atoms with Gasteiger partial charge >= 0.3 is 0 Å². The van der Waals surface area contributed by atoms with Crippen LogP contribution < -0.4 is 5.32 Å².